The van der Waals surface area contributed by atoms with Gasteiger partial charge in [-0.3, -0.25) is 4.90 Å². The quantitative estimate of drug-likeness (QED) is 0.914. The summed E-state index contributed by atoms with van der Waals surface area (Å²) < 4.78 is 5.57. The first-order valence-corrected chi connectivity index (χ1v) is 9.16. The lowest BCUT2D eigenvalue weighted by Crippen LogP contribution is -2.50. The minimum Gasteiger partial charge on any atom is -0.496 e. The molecule has 1 unspecified atom stereocenters. The maximum Gasteiger partial charge on any atom is 0.122 e. The number of benzene rings is 1. The number of methoxy groups -OCH3 is 1. The van der Waals surface area contributed by atoms with Crippen LogP contribution in [0, 0.1) is 0 Å². The standard InChI is InChI=1S/C20H32N2O/c1-20(2,3)22-13-11-15(12-14-22)21-18-9-5-8-17-16(18)7-6-10-19(17)23-4/h6-7,10,15,18,21H,5,8-9,11-14H2,1-4H3. The van der Waals surface area contributed by atoms with Crippen LogP contribution in [0.4, 0.5) is 0 Å². The lowest BCUT2D eigenvalue weighted by molar-refractivity contribution is 0.0930. The molecular weight excluding hydrogens is 284 g/mol. The Kier molecular flexibility index (Phi) is 4.98. The maximum atomic E-state index is 5.57. The van der Waals surface area contributed by atoms with Crippen LogP contribution in [-0.4, -0.2) is 36.7 Å². The van der Waals surface area contributed by atoms with Gasteiger partial charge in [0.1, 0.15) is 5.75 Å². The average molecular weight is 316 g/mol. The number of hydrogen-bond donors (Lipinski definition) is 1. The van der Waals surface area contributed by atoms with Gasteiger partial charge < -0.3 is 10.1 Å². The largest absolute Gasteiger partial charge is 0.496 e. The minimum absolute atomic E-state index is 0.301. The molecule has 1 fully saturated rings. The van der Waals surface area contributed by atoms with E-state index in [0.717, 1.165) is 12.2 Å². The first-order valence-electron chi connectivity index (χ1n) is 9.16. The van der Waals surface area contributed by atoms with E-state index in [-0.39, 0.29) is 0 Å². The van der Waals surface area contributed by atoms with E-state index in [4.69, 9.17) is 4.74 Å². The predicted octanol–water partition coefficient (Wildman–Crippen LogP) is 3.93. The Morgan fingerprint density at radius 3 is 2.52 bits per heavy atom. The number of nitrogens with zero attached hydrogens (tertiary/aromatic N) is 1. The van der Waals surface area contributed by atoms with Gasteiger partial charge in [-0.1, -0.05) is 12.1 Å². The zero-order valence-electron chi connectivity index (χ0n) is 15.2. The number of piperidine rings is 1. The highest BCUT2D eigenvalue weighted by Gasteiger charge is 2.29. The molecule has 23 heavy (non-hydrogen) atoms. The molecule has 0 saturated carbocycles. The number of hydrogen-bond acceptors (Lipinski definition) is 3. The Morgan fingerprint density at radius 2 is 1.87 bits per heavy atom. The molecule has 0 bridgehead atoms. The molecule has 2 aliphatic rings. The maximum absolute atomic E-state index is 5.57. The van der Waals surface area contributed by atoms with Crippen molar-refractivity contribution in [3.8, 4) is 5.75 Å². The molecule has 1 aromatic carbocycles. The van der Waals surface area contributed by atoms with Gasteiger partial charge >= 0.3 is 0 Å². The van der Waals surface area contributed by atoms with Crippen LogP contribution in [0.1, 0.15) is 63.6 Å². The first-order chi connectivity index (χ1) is 11.0. The third-order valence-electron chi connectivity index (χ3n) is 5.56. The molecule has 0 radical (unpaired) electrons. The Balaban J connectivity index is 1.65. The first kappa shape index (κ1) is 16.8. The van der Waals surface area contributed by atoms with E-state index in [1.165, 1.54) is 49.9 Å². The van der Waals surface area contributed by atoms with Crippen LogP contribution >= 0.6 is 0 Å². The molecule has 128 valence electrons. The molecule has 3 heteroatoms. The highest BCUT2D eigenvalue weighted by Crippen LogP contribution is 2.36. The van der Waals surface area contributed by atoms with Gasteiger partial charge in [-0.25, -0.2) is 0 Å². The third-order valence-corrected chi connectivity index (χ3v) is 5.56. The summed E-state index contributed by atoms with van der Waals surface area (Å²) in [6.45, 7) is 9.39. The van der Waals surface area contributed by atoms with Crippen molar-refractivity contribution in [2.45, 2.75) is 70.5 Å². The van der Waals surface area contributed by atoms with Crippen molar-refractivity contribution >= 4 is 0 Å². The van der Waals surface area contributed by atoms with E-state index < -0.39 is 0 Å². The molecule has 3 nitrogen and oxygen atoms in total. The fourth-order valence-corrected chi connectivity index (χ4v) is 4.18. The topological polar surface area (TPSA) is 24.5 Å². The SMILES string of the molecule is COc1cccc2c1CCCC2NC1CCN(C(C)(C)C)CC1. The number of rotatable bonds is 3. The van der Waals surface area contributed by atoms with Crippen LogP contribution in [0.25, 0.3) is 0 Å². The van der Waals surface area contributed by atoms with Gasteiger partial charge in [0.25, 0.3) is 0 Å². The summed E-state index contributed by atoms with van der Waals surface area (Å²) in [5, 5.41) is 3.96. The third kappa shape index (κ3) is 3.72. The van der Waals surface area contributed by atoms with E-state index in [9.17, 15) is 0 Å². The zero-order valence-corrected chi connectivity index (χ0v) is 15.2. The summed E-state index contributed by atoms with van der Waals surface area (Å²) in [5.41, 5.74) is 3.19. The molecule has 1 N–H and O–H groups in total. The molecule has 0 aromatic heterocycles. The monoisotopic (exact) mass is 316 g/mol. The molecule has 1 aliphatic carbocycles. The van der Waals surface area contributed by atoms with Crippen LogP contribution in [-0.2, 0) is 6.42 Å². The van der Waals surface area contributed by atoms with Gasteiger partial charge in [0.15, 0.2) is 0 Å². The lowest BCUT2D eigenvalue weighted by atomic mass is 9.86. The second-order valence-corrected chi connectivity index (χ2v) is 8.07. The molecule has 1 atom stereocenters. The van der Waals surface area contributed by atoms with Crippen LogP contribution in [0.15, 0.2) is 18.2 Å². The van der Waals surface area contributed by atoms with Crippen molar-refractivity contribution in [1.82, 2.24) is 10.2 Å². The van der Waals surface area contributed by atoms with E-state index in [0.29, 0.717) is 17.6 Å². The number of ether oxygens (including phenoxy) is 1. The van der Waals surface area contributed by atoms with Gasteiger partial charge in [0, 0.05) is 30.7 Å². The molecule has 1 aliphatic heterocycles. The summed E-state index contributed by atoms with van der Waals surface area (Å²) in [4.78, 5) is 2.61. The number of likely N-dealkylation sites (tertiary alicyclic amines) is 1. The molecule has 0 amide bonds. The number of nitrogens with one attached hydrogen (secondary N) is 1. The van der Waals surface area contributed by atoms with E-state index in [1.807, 2.05) is 0 Å². The van der Waals surface area contributed by atoms with Gasteiger partial charge in [0.2, 0.25) is 0 Å². The smallest absolute Gasteiger partial charge is 0.122 e. The van der Waals surface area contributed by atoms with E-state index in [1.54, 1.807) is 7.11 Å². The Morgan fingerprint density at radius 1 is 1.13 bits per heavy atom. The van der Waals surface area contributed by atoms with Crippen LogP contribution in [0.2, 0.25) is 0 Å². The fourth-order valence-electron chi connectivity index (χ4n) is 4.18. The summed E-state index contributed by atoms with van der Waals surface area (Å²) in [6.07, 6.45) is 6.17. The second-order valence-electron chi connectivity index (χ2n) is 8.07. The van der Waals surface area contributed by atoms with Crippen molar-refractivity contribution < 1.29 is 4.74 Å². The van der Waals surface area contributed by atoms with Crippen molar-refractivity contribution in [3.63, 3.8) is 0 Å². The highest BCUT2D eigenvalue weighted by molar-refractivity contribution is 5.43. The molecule has 1 heterocycles. The fraction of sp³-hybridized carbons (Fsp3) is 0.700. The lowest BCUT2D eigenvalue weighted by Gasteiger charge is -2.42. The summed E-state index contributed by atoms with van der Waals surface area (Å²) >= 11 is 0. The van der Waals surface area contributed by atoms with Crippen molar-refractivity contribution in [3.05, 3.63) is 29.3 Å². The average Bonchev–Trinajstić information content (AvgIpc) is 2.54. The summed E-state index contributed by atoms with van der Waals surface area (Å²) in [7, 11) is 1.79. The van der Waals surface area contributed by atoms with Crippen molar-refractivity contribution in [2.24, 2.45) is 0 Å². The Hall–Kier alpha value is -1.06. The highest BCUT2D eigenvalue weighted by atomic mass is 16.5. The van der Waals surface area contributed by atoms with Crippen LogP contribution in [0.5, 0.6) is 5.75 Å². The zero-order chi connectivity index (χ0) is 16.4. The summed E-state index contributed by atoms with van der Waals surface area (Å²) in [6, 6.07) is 7.68. The van der Waals surface area contributed by atoms with Crippen LogP contribution < -0.4 is 10.1 Å². The Labute approximate surface area is 141 Å². The second kappa shape index (κ2) is 6.82. The van der Waals surface area contributed by atoms with Crippen molar-refractivity contribution in [1.29, 1.82) is 0 Å². The van der Waals surface area contributed by atoms with Gasteiger partial charge in [-0.2, -0.15) is 0 Å². The minimum atomic E-state index is 0.301. The molecule has 1 aromatic rings. The van der Waals surface area contributed by atoms with Gasteiger partial charge in [-0.15, -0.1) is 0 Å². The van der Waals surface area contributed by atoms with Gasteiger partial charge in [-0.05, 0) is 70.1 Å². The molecular formula is C20H32N2O. The number of fused-ring (bicyclic) bond motifs is 1. The molecule has 3 rings (SSSR count). The van der Waals surface area contributed by atoms with Crippen molar-refractivity contribution in [2.75, 3.05) is 20.2 Å². The predicted molar refractivity (Wildman–Crippen MR) is 96.2 cm³/mol. The van der Waals surface area contributed by atoms with Gasteiger partial charge in [0.05, 0.1) is 7.11 Å². The molecule has 0 spiro atoms. The van der Waals surface area contributed by atoms with E-state index in [2.05, 4.69) is 49.2 Å². The molecule has 1 saturated heterocycles. The normalized spacial score (nSPS) is 23.6. The summed E-state index contributed by atoms with van der Waals surface area (Å²) in [5.74, 6) is 1.07. The van der Waals surface area contributed by atoms with E-state index >= 15 is 0 Å². The van der Waals surface area contributed by atoms with Crippen LogP contribution in [0.3, 0.4) is 0 Å². The Bertz CT molecular complexity index is 527.